The van der Waals surface area contributed by atoms with Gasteiger partial charge in [-0.2, -0.15) is 0 Å². The maximum atomic E-state index is 14.6. The number of halogens is 3. The summed E-state index contributed by atoms with van der Waals surface area (Å²) in [4.78, 5) is 21.3. The Labute approximate surface area is 193 Å². The first kappa shape index (κ1) is 24.1. The second kappa shape index (κ2) is 8.66. The van der Waals surface area contributed by atoms with Crippen molar-refractivity contribution in [2.75, 3.05) is 16.8 Å². The molecule has 1 unspecified atom stereocenters. The molecule has 8 nitrogen and oxygen atoms in total. The zero-order chi connectivity index (χ0) is 24.8. The van der Waals surface area contributed by atoms with E-state index in [9.17, 15) is 31.5 Å². The summed E-state index contributed by atoms with van der Waals surface area (Å²) in [5.74, 6) is -1.33. The van der Waals surface area contributed by atoms with Crippen molar-refractivity contribution in [3.05, 3.63) is 63.5 Å². The van der Waals surface area contributed by atoms with E-state index in [1.165, 1.54) is 36.1 Å². The van der Waals surface area contributed by atoms with Gasteiger partial charge in [0.05, 0.1) is 34.1 Å². The Hall–Kier alpha value is -2.99. The first-order chi connectivity index (χ1) is 15.9. The van der Waals surface area contributed by atoms with Crippen molar-refractivity contribution in [3.63, 3.8) is 0 Å². The van der Waals surface area contributed by atoms with Crippen LogP contribution in [0.2, 0.25) is 0 Å². The molecule has 12 heteroatoms. The summed E-state index contributed by atoms with van der Waals surface area (Å²) in [5.41, 5.74) is -2.64. The Morgan fingerprint density at radius 1 is 1.18 bits per heavy atom. The summed E-state index contributed by atoms with van der Waals surface area (Å²) in [7, 11) is -1.83. The van der Waals surface area contributed by atoms with Gasteiger partial charge in [-0.1, -0.05) is 18.2 Å². The number of nitrogens with one attached hydrogen (secondary N) is 1. The number of rotatable bonds is 5. The topological polar surface area (TPSA) is 114 Å². The number of aryl methyl sites for hydroxylation is 1. The number of alkyl halides is 2. The SMILES string of the molecule is CC(Nc1ncnc2c1cc(C1(O)CCS(=O)(=O)CC1)c(=O)n2C)c1cccc(C(F)F)c1F. The van der Waals surface area contributed by atoms with Crippen LogP contribution in [0.25, 0.3) is 11.0 Å². The number of aromatic nitrogens is 3. The van der Waals surface area contributed by atoms with Gasteiger partial charge in [0.25, 0.3) is 12.0 Å². The highest BCUT2D eigenvalue weighted by molar-refractivity contribution is 7.91. The highest BCUT2D eigenvalue weighted by Gasteiger charge is 2.39. The normalized spacial score (nSPS) is 18.2. The molecule has 0 spiro atoms. The number of aliphatic hydroxyl groups is 1. The molecule has 1 fully saturated rings. The van der Waals surface area contributed by atoms with E-state index in [0.717, 1.165) is 6.07 Å². The van der Waals surface area contributed by atoms with Crippen LogP contribution in [0, 0.1) is 5.82 Å². The van der Waals surface area contributed by atoms with Crippen LogP contribution < -0.4 is 10.9 Å². The average Bonchev–Trinajstić information content (AvgIpc) is 2.78. The minimum Gasteiger partial charge on any atom is -0.385 e. The Morgan fingerprint density at radius 2 is 1.82 bits per heavy atom. The molecule has 2 N–H and O–H groups in total. The molecule has 3 aromatic rings. The van der Waals surface area contributed by atoms with Gasteiger partial charge in [0, 0.05) is 18.2 Å². The Balaban J connectivity index is 1.78. The molecule has 1 aliphatic heterocycles. The first-order valence-electron chi connectivity index (χ1n) is 10.5. The first-order valence-corrected chi connectivity index (χ1v) is 12.4. The van der Waals surface area contributed by atoms with Crippen LogP contribution >= 0.6 is 0 Å². The van der Waals surface area contributed by atoms with Crippen molar-refractivity contribution in [1.82, 2.24) is 14.5 Å². The minimum atomic E-state index is -3.29. The van der Waals surface area contributed by atoms with Gasteiger partial charge in [0.1, 0.15) is 23.6 Å². The molecule has 3 heterocycles. The zero-order valence-electron chi connectivity index (χ0n) is 18.4. The van der Waals surface area contributed by atoms with E-state index in [1.807, 2.05) is 0 Å². The maximum absolute atomic E-state index is 14.6. The number of benzene rings is 1. The highest BCUT2D eigenvalue weighted by Crippen LogP contribution is 2.35. The van der Waals surface area contributed by atoms with Crippen LogP contribution in [0.1, 0.15) is 48.9 Å². The van der Waals surface area contributed by atoms with E-state index in [1.54, 1.807) is 6.92 Å². The van der Waals surface area contributed by atoms with Gasteiger partial charge in [-0.05, 0) is 25.8 Å². The quantitative estimate of drug-likeness (QED) is 0.558. The Morgan fingerprint density at radius 3 is 2.47 bits per heavy atom. The number of fused-ring (bicyclic) bond motifs is 1. The largest absolute Gasteiger partial charge is 0.385 e. The van der Waals surface area contributed by atoms with E-state index in [4.69, 9.17) is 0 Å². The second-order valence-electron chi connectivity index (χ2n) is 8.48. The summed E-state index contributed by atoms with van der Waals surface area (Å²) in [5, 5.41) is 14.5. The minimum absolute atomic E-state index is 0.00530. The lowest BCUT2D eigenvalue weighted by atomic mass is 9.88. The lowest BCUT2D eigenvalue weighted by Gasteiger charge is -2.32. The summed E-state index contributed by atoms with van der Waals surface area (Å²) >= 11 is 0. The van der Waals surface area contributed by atoms with Crippen molar-refractivity contribution in [2.45, 2.75) is 37.8 Å². The van der Waals surface area contributed by atoms with E-state index in [0.29, 0.717) is 5.39 Å². The van der Waals surface area contributed by atoms with Crippen LogP contribution in [-0.4, -0.2) is 39.6 Å². The summed E-state index contributed by atoms with van der Waals surface area (Å²) in [6.45, 7) is 1.57. The molecule has 34 heavy (non-hydrogen) atoms. The standard InChI is InChI=1S/C22H23F3N4O4S/c1-12(13-4-3-5-14(17(13)23)18(24)25)28-19-15-10-16(21(30)29(2)20(15)27-11-26-19)22(31)6-8-34(32,33)9-7-22/h3-5,10-12,18,31H,6-9H2,1-2H3,(H,26,27,28). The van der Waals surface area contributed by atoms with Crippen molar-refractivity contribution >= 4 is 26.7 Å². The van der Waals surface area contributed by atoms with Gasteiger partial charge >= 0.3 is 0 Å². The van der Waals surface area contributed by atoms with E-state index < -0.39 is 44.8 Å². The monoisotopic (exact) mass is 496 g/mol. The van der Waals surface area contributed by atoms with Gasteiger partial charge in [0.15, 0.2) is 9.84 Å². The fourth-order valence-electron chi connectivity index (χ4n) is 4.22. The molecular weight excluding hydrogens is 473 g/mol. The molecule has 0 saturated carbocycles. The number of sulfone groups is 1. The van der Waals surface area contributed by atoms with Crippen molar-refractivity contribution in [1.29, 1.82) is 0 Å². The van der Waals surface area contributed by atoms with Crippen molar-refractivity contribution in [2.24, 2.45) is 7.05 Å². The number of hydrogen-bond acceptors (Lipinski definition) is 7. The summed E-state index contributed by atoms with van der Waals surface area (Å²) in [6, 6.07) is 4.37. The van der Waals surface area contributed by atoms with Gasteiger partial charge in [-0.25, -0.2) is 31.6 Å². The number of hydrogen-bond donors (Lipinski definition) is 2. The third kappa shape index (κ3) is 4.27. The third-order valence-corrected chi connectivity index (χ3v) is 7.92. The lowest BCUT2D eigenvalue weighted by molar-refractivity contribution is 0.0248. The van der Waals surface area contributed by atoms with Gasteiger partial charge in [-0.15, -0.1) is 0 Å². The fourth-order valence-corrected chi connectivity index (χ4v) is 5.72. The number of pyridine rings is 1. The van der Waals surface area contributed by atoms with Crippen molar-refractivity contribution in [3.8, 4) is 0 Å². The second-order valence-corrected chi connectivity index (χ2v) is 10.8. The molecule has 1 atom stereocenters. The maximum Gasteiger partial charge on any atom is 0.266 e. The number of anilines is 1. The van der Waals surface area contributed by atoms with Crippen LogP contribution in [0.4, 0.5) is 19.0 Å². The van der Waals surface area contributed by atoms with Crippen LogP contribution in [0.3, 0.4) is 0 Å². The molecule has 0 bridgehead atoms. The van der Waals surface area contributed by atoms with Crippen LogP contribution in [0.15, 0.2) is 35.4 Å². The van der Waals surface area contributed by atoms with Gasteiger partial charge in [-0.3, -0.25) is 9.36 Å². The molecule has 0 radical (unpaired) electrons. The van der Waals surface area contributed by atoms with Crippen LogP contribution in [0.5, 0.6) is 0 Å². The van der Waals surface area contributed by atoms with Gasteiger partial charge < -0.3 is 10.4 Å². The van der Waals surface area contributed by atoms with Gasteiger partial charge in [0.2, 0.25) is 0 Å². The molecule has 182 valence electrons. The predicted molar refractivity (Wildman–Crippen MR) is 120 cm³/mol. The molecule has 0 amide bonds. The highest BCUT2D eigenvalue weighted by atomic mass is 32.2. The Bertz CT molecular complexity index is 1410. The predicted octanol–water partition coefficient (Wildman–Crippen LogP) is 2.97. The zero-order valence-corrected chi connectivity index (χ0v) is 19.2. The average molecular weight is 497 g/mol. The number of nitrogens with zero attached hydrogens (tertiary/aromatic N) is 3. The molecule has 4 rings (SSSR count). The molecule has 1 saturated heterocycles. The fraction of sp³-hybridized carbons (Fsp3) is 0.409. The van der Waals surface area contributed by atoms with Crippen molar-refractivity contribution < 1.29 is 26.7 Å². The molecule has 1 aliphatic rings. The summed E-state index contributed by atoms with van der Waals surface area (Å²) in [6.07, 6.45) is -2.03. The van der Waals surface area contributed by atoms with E-state index >= 15 is 0 Å². The van der Waals surface area contributed by atoms with E-state index in [2.05, 4.69) is 15.3 Å². The Kier molecular flexibility index (Phi) is 6.15. The molecular formula is C22H23F3N4O4S. The van der Waals surface area contributed by atoms with Crippen LogP contribution in [-0.2, 0) is 22.5 Å². The lowest BCUT2D eigenvalue weighted by Crippen LogP contribution is -2.42. The molecule has 0 aliphatic carbocycles. The molecule has 1 aromatic carbocycles. The molecule has 2 aromatic heterocycles. The smallest absolute Gasteiger partial charge is 0.266 e. The third-order valence-electron chi connectivity index (χ3n) is 6.27. The van der Waals surface area contributed by atoms with E-state index in [-0.39, 0.29) is 46.9 Å². The summed E-state index contributed by atoms with van der Waals surface area (Å²) < 4.78 is 65.8.